The average molecular weight is 954 g/mol. The van der Waals surface area contributed by atoms with Crippen LogP contribution in [-0.2, 0) is 23.7 Å². The van der Waals surface area contributed by atoms with Crippen molar-refractivity contribution in [3.8, 4) is 52.9 Å². The first-order valence-corrected chi connectivity index (χ1v) is 27.4. The van der Waals surface area contributed by atoms with Crippen LogP contribution in [0.15, 0.2) is 161 Å². The predicted molar refractivity (Wildman–Crippen MR) is 300 cm³/mol. The summed E-state index contributed by atoms with van der Waals surface area (Å²) in [5, 5.41) is 0.630. The Hall–Kier alpha value is -6.27. The van der Waals surface area contributed by atoms with Gasteiger partial charge in [0.2, 0.25) is 0 Å². The zero-order chi connectivity index (χ0) is 48.1. The molecule has 5 heteroatoms. The minimum Gasteiger partial charge on any atom is -0.464 e. The van der Waals surface area contributed by atoms with E-state index in [1.807, 2.05) is 34.8 Å². The molecule has 9 aromatic rings. The number of hydrogen-bond donors (Lipinski definition) is 0. The molecule has 0 bridgehead atoms. The van der Waals surface area contributed by atoms with Crippen molar-refractivity contribution >= 4 is 50.7 Å². The quantitative estimate of drug-likeness (QED) is 0.0905. The molecule has 3 aromatic heterocycles. The molecule has 11 rings (SSSR count). The molecule has 0 spiro atoms. The molecule has 3 nitrogen and oxygen atoms in total. The maximum atomic E-state index is 12.9. The summed E-state index contributed by atoms with van der Waals surface area (Å²) in [6, 6.07) is 54.1. The summed E-state index contributed by atoms with van der Waals surface area (Å²) in [6.07, 6.45) is 13.4. The van der Waals surface area contributed by atoms with Crippen LogP contribution in [0.3, 0.4) is 0 Å². The first kappa shape index (κ1) is 46.1. The van der Waals surface area contributed by atoms with Gasteiger partial charge in [0.05, 0.1) is 11.6 Å². The summed E-state index contributed by atoms with van der Waals surface area (Å²) in [5.41, 5.74) is 19.9. The van der Waals surface area contributed by atoms with Gasteiger partial charge in [0.1, 0.15) is 5.58 Å². The third kappa shape index (κ3) is 8.19. The summed E-state index contributed by atoms with van der Waals surface area (Å²) in [4.78, 5) is 20.7. The number of unbranched alkanes of at least 4 members (excludes halogenated alkanes) is 6. The van der Waals surface area contributed by atoms with Gasteiger partial charge < -0.3 is 9.32 Å². The monoisotopic (exact) mass is 953 g/mol. The molecule has 352 valence electrons. The van der Waals surface area contributed by atoms with Gasteiger partial charge in [0.25, 0.3) is 0 Å². The lowest BCUT2D eigenvalue weighted by molar-refractivity contribution is 0.602. The second-order valence-electron chi connectivity index (χ2n) is 20.7. The maximum absolute atomic E-state index is 12.9. The fourth-order valence-corrected chi connectivity index (χ4v) is 14.1. The predicted octanol–water partition coefficient (Wildman–Crippen LogP) is 19.2. The topological polar surface area (TPSA) is 33.5 Å². The van der Waals surface area contributed by atoms with Gasteiger partial charge in [-0.15, -0.1) is 22.7 Å². The summed E-state index contributed by atoms with van der Waals surface area (Å²) in [7, 11) is 0. The molecule has 0 atom stereocenters. The van der Waals surface area contributed by atoms with E-state index in [9.17, 15) is 4.79 Å². The van der Waals surface area contributed by atoms with Crippen molar-refractivity contribution in [2.45, 2.75) is 117 Å². The number of rotatable bonds is 16. The normalized spacial score (nSPS) is 13.9. The van der Waals surface area contributed by atoms with Gasteiger partial charge in [-0.2, -0.15) is 0 Å². The van der Waals surface area contributed by atoms with E-state index in [-0.39, 0.29) is 16.3 Å². The molecular weight excluding hydrogens is 891 g/mol. The number of nitrogens with zero attached hydrogens (tertiary/aromatic N) is 1. The van der Waals surface area contributed by atoms with Crippen molar-refractivity contribution in [3.63, 3.8) is 0 Å². The van der Waals surface area contributed by atoms with Crippen molar-refractivity contribution in [1.82, 2.24) is 0 Å². The van der Waals surface area contributed by atoms with E-state index in [1.165, 1.54) is 156 Å². The number of thiophene rings is 2. The van der Waals surface area contributed by atoms with Crippen LogP contribution in [0.2, 0.25) is 0 Å². The molecule has 6 aromatic carbocycles. The van der Waals surface area contributed by atoms with Gasteiger partial charge in [0.15, 0.2) is 5.43 Å². The highest BCUT2D eigenvalue weighted by Crippen LogP contribution is 2.54. The van der Waals surface area contributed by atoms with E-state index < -0.39 is 0 Å². The van der Waals surface area contributed by atoms with Crippen molar-refractivity contribution in [2.75, 3.05) is 4.90 Å². The molecule has 0 unspecified atom stereocenters. The van der Waals surface area contributed by atoms with Crippen molar-refractivity contribution in [1.29, 1.82) is 0 Å². The van der Waals surface area contributed by atoms with Crippen molar-refractivity contribution in [3.05, 3.63) is 195 Å². The SMILES string of the molecule is CCCCCCc1cc(-c2sc(-c3ccc4occc(=O)c4c3)cc2CCCCCC)sc1-c1ccc(N(c2ccc3c(c2)C(C)(C)c2ccccc2-3)c2ccc3c(c2)C(C)(C)c2ccccc2-3)cc1. The molecular formula is C65H63NO2S2. The molecule has 0 saturated carbocycles. The van der Waals surface area contributed by atoms with Gasteiger partial charge in [-0.25, -0.2) is 0 Å². The third-order valence-electron chi connectivity index (χ3n) is 15.4. The number of fused-ring (bicyclic) bond motifs is 7. The molecule has 0 saturated heterocycles. The van der Waals surface area contributed by atoms with Crippen molar-refractivity contribution < 1.29 is 4.42 Å². The average Bonchev–Trinajstić information content (AvgIpc) is 4.12. The zero-order valence-electron chi connectivity index (χ0n) is 41.6. The minimum atomic E-state index is -0.117. The third-order valence-corrected chi connectivity index (χ3v) is 18.1. The van der Waals surface area contributed by atoms with Gasteiger partial charge >= 0.3 is 0 Å². The van der Waals surface area contributed by atoms with Crippen LogP contribution in [0, 0.1) is 0 Å². The van der Waals surface area contributed by atoms with E-state index >= 15 is 0 Å². The lowest BCUT2D eigenvalue weighted by Crippen LogP contribution is -2.18. The van der Waals surface area contributed by atoms with E-state index in [0.29, 0.717) is 11.0 Å². The van der Waals surface area contributed by atoms with Crippen LogP contribution in [0.5, 0.6) is 0 Å². The molecule has 0 radical (unpaired) electrons. The lowest BCUT2D eigenvalue weighted by atomic mass is 9.82. The lowest BCUT2D eigenvalue weighted by Gasteiger charge is -2.30. The second kappa shape index (κ2) is 18.8. The summed E-state index contributed by atoms with van der Waals surface area (Å²) in [6.45, 7) is 14.1. The Kier molecular flexibility index (Phi) is 12.4. The second-order valence-corrected chi connectivity index (χ2v) is 22.8. The van der Waals surface area contributed by atoms with E-state index in [0.717, 1.165) is 24.1 Å². The van der Waals surface area contributed by atoms with Crippen LogP contribution < -0.4 is 10.3 Å². The van der Waals surface area contributed by atoms with Gasteiger partial charge in [-0.1, -0.05) is 153 Å². The Morgan fingerprint density at radius 2 is 0.986 bits per heavy atom. The summed E-state index contributed by atoms with van der Waals surface area (Å²) >= 11 is 3.83. The Balaban J connectivity index is 1.00. The van der Waals surface area contributed by atoms with E-state index in [2.05, 4.69) is 174 Å². The zero-order valence-corrected chi connectivity index (χ0v) is 43.2. The Bertz CT molecular complexity index is 3350. The Labute approximate surface area is 422 Å². The Morgan fingerprint density at radius 3 is 1.59 bits per heavy atom. The molecule has 0 fully saturated rings. The smallest absolute Gasteiger partial charge is 0.192 e. The van der Waals surface area contributed by atoms with Crippen LogP contribution in [-0.4, -0.2) is 0 Å². The molecule has 2 aliphatic rings. The standard InChI is InChI=1S/C65H63NO2S2/c1-7-9-11-13-19-44-39-61(63-45(20-14-12-10-8-2)38-60(69-63)43-27-34-59-53(37-43)58(67)35-36-68-59)70-62(44)42-25-28-46(29-26-42)66(47-30-32-51-49-21-15-17-23-54(49)64(3,4)56(51)40-47)48-31-33-52-50-22-16-18-24-55(50)65(5,6)57(52)41-48/h15-18,21-41H,7-14,19-20H2,1-6H3. The van der Waals surface area contributed by atoms with Crippen LogP contribution in [0.25, 0.3) is 63.9 Å². The fourth-order valence-electron chi connectivity index (χ4n) is 11.5. The summed E-state index contributed by atoms with van der Waals surface area (Å²) < 4.78 is 5.70. The van der Waals surface area contributed by atoms with Crippen LogP contribution in [0.1, 0.15) is 126 Å². The highest BCUT2D eigenvalue weighted by Gasteiger charge is 2.38. The number of hydrogen-bond acceptors (Lipinski definition) is 5. The highest BCUT2D eigenvalue weighted by molar-refractivity contribution is 7.25. The first-order chi connectivity index (χ1) is 34.0. The fraction of sp³-hybridized carbons (Fsp3) is 0.277. The van der Waals surface area contributed by atoms with Crippen LogP contribution >= 0.6 is 22.7 Å². The number of aryl methyl sites for hydroxylation is 2. The van der Waals surface area contributed by atoms with E-state index in [1.54, 1.807) is 0 Å². The van der Waals surface area contributed by atoms with Gasteiger partial charge in [-0.05, 0) is 159 Å². The van der Waals surface area contributed by atoms with Crippen LogP contribution in [0.4, 0.5) is 17.1 Å². The van der Waals surface area contributed by atoms with Gasteiger partial charge in [-0.3, -0.25) is 4.79 Å². The van der Waals surface area contributed by atoms with Crippen molar-refractivity contribution in [2.24, 2.45) is 0 Å². The molecule has 0 aliphatic heterocycles. The Morgan fingerprint density at radius 1 is 0.471 bits per heavy atom. The first-order valence-electron chi connectivity index (χ1n) is 25.7. The molecule has 0 amide bonds. The minimum absolute atomic E-state index is 0.00572. The molecule has 2 aliphatic carbocycles. The van der Waals surface area contributed by atoms with E-state index in [4.69, 9.17) is 4.42 Å². The largest absolute Gasteiger partial charge is 0.464 e. The molecule has 0 N–H and O–H groups in total. The number of anilines is 3. The van der Waals surface area contributed by atoms with Gasteiger partial charge in [0, 0.05) is 53.5 Å². The molecule has 70 heavy (non-hydrogen) atoms. The maximum Gasteiger partial charge on any atom is 0.192 e. The summed E-state index contributed by atoms with van der Waals surface area (Å²) in [5.74, 6) is 0. The molecule has 3 heterocycles. The highest BCUT2D eigenvalue weighted by atomic mass is 32.1. The number of benzene rings is 6.